The van der Waals surface area contributed by atoms with Crippen molar-refractivity contribution < 1.29 is 9.18 Å². The van der Waals surface area contributed by atoms with Crippen molar-refractivity contribution in [3.05, 3.63) is 29.8 Å². The molecule has 0 saturated heterocycles. The molecular formula is C9H11ClFN3O. The Morgan fingerprint density at radius 3 is 2.87 bits per heavy atom. The molecule has 0 spiro atoms. The summed E-state index contributed by atoms with van der Waals surface area (Å²) in [6, 6.07) is 2.65. The van der Waals surface area contributed by atoms with Crippen LogP contribution in [-0.2, 0) is 0 Å². The van der Waals surface area contributed by atoms with Crippen LogP contribution in [0, 0.1) is 5.95 Å². The van der Waals surface area contributed by atoms with E-state index in [1.165, 1.54) is 12.3 Å². The SMILES string of the molecule is Cl.NC1CC1NC(=O)c1ccnc(F)c1. The predicted molar refractivity (Wildman–Crippen MR) is 55.3 cm³/mol. The maximum atomic E-state index is 12.6. The van der Waals surface area contributed by atoms with Crippen molar-refractivity contribution in [1.82, 2.24) is 10.3 Å². The van der Waals surface area contributed by atoms with Crippen molar-refractivity contribution in [3.63, 3.8) is 0 Å². The number of nitrogens with two attached hydrogens (primary N) is 1. The van der Waals surface area contributed by atoms with Crippen LogP contribution in [0.15, 0.2) is 18.3 Å². The molecule has 1 heterocycles. The van der Waals surface area contributed by atoms with Crippen LogP contribution in [0.1, 0.15) is 16.8 Å². The van der Waals surface area contributed by atoms with E-state index < -0.39 is 5.95 Å². The minimum atomic E-state index is -0.655. The average molecular weight is 232 g/mol. The number of nitrogens with one attached hydrogen (secondary N) is 1. The second kappa shape index (κ2) is 4.55. The van der Waals surface area contributed by atoms with Crippen molar-refractivity contribution in [2.24, 2.45) is 5.73 Å². The van der Waals surface area contributed by atoms with Crippen LogP contribution in [-0.4, -0.2) is 23.0 Å². The molecule has 15 heavy (non-hydrogen) atoms. The Morgan fingerprint density at radius 1 is 1.67 bits per heavy atom. The first-order valence-corrected chi connectivity index (χ1v) is 4.35. The van der Waals surface area contributed by atoms with Crippen LogP contribution in [0.5, 0.6) is 0 Å². The summed E-state index contributed by atoms with van der Waals surface area (Å²) in [5.41, 5.74) is 5.80. The lowest BCUT2D eigenvalue weighted by Crippen LogP contribution is -2.29. The van der Waals surface area contributed by atoms with Gasteiger partial charge in [0.05, 0.1) is 0 Å². The van der Waals surface area contributed by atoms with Gasteiger partial charge in [-0.1, -0.05) is 0 Å². The lowest BCUT2D eigenvalue weighted by molar-refractivity contribution is 0.0949. The molecule has 2 rings (SSSR count). The third-order valence-electron chi connectivity index (χ3n) is 2.15. The Kier molecular flexibility index (Phi) is 3.60. The van der Waals surface area contributed by atoms with Gasteiger partial charge in [-0.3, -0.25) is 4.79 Å². The van der Waals surface area contributed by atoms with Gasteiger partial charge in [0.2, 0.25) is 5.95 Å². The first kappa shape index (κ1) is 11.9. The number of carbonyl (C=O) groups excluding carboxylic acids is 1. The van der Waals surface area contributed by atoms with Crippen LogP contribution in [0.4, 0.5) is 4.39 Å². The van der Waals surface area contributed by atoms with Gasteiger partial charge in [0.25, 0.3) is 5.91 Å². The molecule has 1 aromatic rings. The van der Waals surface area contributed by atoms with Crippen LogP contribution < -0.4 is 11.1 Å². The largest absolute Gasteiger partial charge is 0.348 e. The highest BCUT2D eigenvalue weighted by atomic mass is 35.5. The molecule has 0 bridgehead atoms. The number of pyridine rings is 1. The van der Waals surface area contributed by atoms with E-state index in [0.29, 0.717) is 0 Å². The monoisotopic (exact) mass is 231 g/mol. The molecule has 1 saturated carbocycles. The first-order chi connectivity index (χ1) is 6.66. The third kappa shape index (κ3) is 2.87. The summed E-state index contributed by atoms with van der Waals surface area (Å²) in [6.45, 7) is 0. The zero-order valence-corrected chi connectivity index (χ0v) is 8.63. The van der Waals surface area contributed by atoms with E-state index >= 15 is 0 Å². The molecule has 6 heteroatoms. The maximum absolute atomic E-state index is 12.6. The van der Waals surface area contributed by atoms with E-state index in [9.17, 15) is 9.18 Å². The lowest BCUT2D eigenvalue weighted by atomic mass is 10.2. The molecule has 1 aliphatic rings. The Bertz CT molecular complexity index is 374. The molecule has 2 unspecified atom stereocenters. The maximum Gasteiger partial charge on any atom is 0.251 e. The first-order valence-electron chi connectivity index (χ1n) is 4.35. The molecule has 4 nitrogen and oxygen atoms in total. The van der Waals surface area contributed by atoms with E-state index in [4.69, 9.17) is 5.73 Å². The molecular weight excluding hydrogens is 221 g/mol. The number of hydrogen-bond donors (Lipinski definition) is 2. The highest BCUT2D eigenvalue weighted by Crippen LogP contribution is 2.18. The normalized spacial score (nSPS) is 22.8. The van der Waals surface area contributed by atoms with Crippen molar-refractivity contribution in [3.8, 4) is 0 Å². The number of amides is 1. The molecule has 3 N–H and O–H groups in total. The number of rotatable bonds is 2. The molecule has 1 aliphatic carbocycles. The van der Waals surface area contributed by atoms with Crippen molar-refractivity contribution >= 4 is 18.3 Å². The molecule has 0 aromatic carbocycles. The van der Waals surface area contributed by atoms with E-state index in [2.05, 4.69) is 10.3 Å². The molecule has 1 aromatic heterocycles. The van der Waals surface area contributed by atoms with E-state index in [0.717, 1.165) is 12.5 Å². The van der Waals surface area contributed by atoms with Gasteiger partial charge in [-0.05, 0) is 12.5 Å². The van der Waals surface area contributed by atoms with E-state index in [-0.39, 0.29) is 36.0 Å². The fourth-order valence-corrected chi connectivity index (χ4v) is 1.18. The zero-order chi connectivity index (χ0) is 10.1. The average Bonchev–Trinajstić information content (AvgIpc) is 2.81. The van der Waals surface area contributed by atoms with Crippen LogP contribution in [0.25, 0.3) is 0 Å². The molecule has 82 valence electrons. The van der Waals surface area contributed by atoms with Gasteiger partial charge >= 0.3 is 0 Å². The Morgan fingerprint density at radius 2 is 2.33 bits per heavy atom. The van der Waals surface area contributed by atoms with Gasteiger partial charge < -0.3 is 11.1 Å². The Balaban J connectivity index is 0.00000112. The third-order valence-corrected chi connectivity index (χ3v) is 2.15. The second-order valence-corrected chi connectivity index (χ2v) is 3.35. The van der Waals surface area contributed by atoms with Gasteiger partial charge in [-0.15, -0.1) is 12.4 Å². The van der Waals surface area contributed by atoms with Gasteiger partial charge in [-0.25, -0.2) is 4.98 Å². The van der Waals surface area contributed by atoms with Gasteiger partial charge in [0.15, 0.2) is 0 Å². The number of aromatic nitrogens is 1. The quantitative estimate of drug-likeness (QED) is 0.728. The van der Waals surface area contributed by atoms with Crippen molar-refractivity contribution in [2.75, 3.05) is 0 Å². The standard InChI is InChI=1S/C9H10FN3O.ClH/c10-8-3-5(1-2-12-8)9(14)13-7-4-6(7)11;/h1-3,6-7H,4,11H2,(H,13,14);1H. The van der Waals surface area contributed by atoms with Crippen LogP contribution in [0.3, 0.4) is 0 Å². The fourth-order valence-electron chi connectivity index (χ4n) is 1.18. The summed E-state index contributed by atoms with van der Waals surface area (Å²) < 4.78 is 12.6. The molecule has 0 aliphatic heterocycles. The number of nitrogens with zero attached hydrogens (tertiary/aromatic N) is 1. The minimum absolute atomic E-state index is 0. The zero-order valence-electron chi connectivity index (χ0n) is 7.81. The number of carbonyl (C=O) groups is 1. The summed E-state index contributed by atoms with van der Waals surface area (Å²) in [4.78, 5) is 14.8. The summed E-state index contributed by atoms with van der Waals surface area (Å²) in [7, 11) is 0. The molecule has 2 atom stereocenters. The van der Waals surface area contributed by atoms with Gasteiger partial charge in [0.1, 0.15) is 0 Å². The lowest BCUT2D eigenvalue weighted by Gasteiger charge is -2.02. The second-order valence-electron chi connectivity index (χ2n) is 3.35. The van der Waals surface area contributed by atoms with Crippen molar-refractivity contribution in [2.45, 2.75) is 18.5 Å². The Labute approximate surface area is 92.5 Å². The number of halogens is 2. The summed E-state index contributed by atoms with van der Waals surface area (Å²) in [5.74, 6) is -0.956. The van der Waals surface area contributed by atoms with E-state index in [1.54, 1.807) is 0 Å². The van der Waals surface area contributed by atoms with Crippen molar-refractivity contribution in [1.29, 1.82) is 0 Å². The van der Waals surface area contributed by atoms with Crippen LogP contribution in [0.2, 0.25) is 0 Å². The summed E-state index contributed by atoms with van der Waals surface area (Å²) in [6.07, 6.45) is 2.05. The summed E-state index contributed by atoms with van der Waals surface area (Å²) in [5, 5.41) is 2.69. The smallest absolute Gasteiger partial charge is 0.251 e. The molecule has 1 fully saturated rings. The molecule has 1 amide bonds. The predicted octanol–water partition coefficient (Wildman–Crippen LogP) is 0.472. The number of hydrogen-bond acceptors (Lipinski definition) is 3. The highest BCUT2D eigenvalue weighted by molar-refractivity contribution is 5.94. The van der Waals surface area contributed by atoms with Crippen LogP contribution >= 0.6 is 12.4 Å². The highest BCUT2D eigenvalue weighted by Gasteiger charge is 2.34. The van der Waals surface area contributed by atoms with Gasteiger partial charge in [0, 0.05) is 29.9 Å². The fraction of sp³-hybridized carbons (Fsp3) is 0.333. The summed E-state index contributed by atoms with van der Waals surface area (Å²) >= 11 is 0. The Hall–Kier alpha value is -1.20. The topological polar surface area (TPSA) is 68.0 Å². The van der Waals surface area contributed by atoms with E-state index in [1.807, 2.05) is 0 Å². The van der Waals surface area contributed by atoms with Gasteiger partial charge in [-0.2, -0.15) is 4.39 Å². The molecule has 0 radical (unpaired) electrons. The minimum Gasteiger partial charge on any atom is -0.348 e.